The van der Waals surface area contributed by atoms with Crippen LogP contribution in [0.2, 0.25) is 0 Å². The lowest BCUT2D eigenvalue weighted by atomic mass is 10.1. The standard InChI is InChI=1S/C12H10O/c1-2-3-5-10-12(13)11-8-6-4-7-9-11/h4,6-9,12-13H,1H3/t12-/m1/s1. The molecule has 1 nitrogen and oxygen atoms in total. The molecule has 0 unspecified atom stereocenters. The second-order valence-electron chi connectivity index (χ2n) is 2.46. The van der Waals surface area contributed by atoms with Crippen molar-refractivity contribution < 1.29 is 5.11 Å². The lowest BCUT2D eigenvalue weighted by Gasteiger charge is -2.00. The van der Waals surface area contributed by atoms with Gasteiger partial charge in [-0.15, -0.1) is 0 Å². The molecule has 1 N–H and O–H groups in total. The van der Waals surface area contributed by atoms with Gasteiger partial charge in [0.05, 0.1) is 0 Å². The highest BCUT2D eigenvalue weighted by molar-refractivity contribution is 5.31. The minimum Gasteiger partial charge on any atom is -0.376 e. The van der Waals surface area contributed by atoms with Crippen LogP contribution < -0.4 is 0 Å². The van der Waals surface area contributed by atoms with Crippen LogP contribution in [0.25, 0.3) is 0 Å². The highest BCUT2D eigenvalue weighted by Crippen LogP contribution is 2.09. The van der Waals surface area contributed by atoms with Crippen molar-refractivity contribution in [3.63, 3.8) is 0 Å². The lowest BCUT2D eigenvalue weighted by Crippen LogP contribution is -1.91. The quantitative estimate of drug-likeness (QED) is 0.636. The van der Waals surface area contributed by atoms with E-state index in [0.717, 1.165) is 5.56 Å². The van der Waals surface area contributed by atoms with Crippen molar-refractivity contribution in [3.05, 3.63) is 35.9 Å². The van der Waals surface area contributed by atoms with E-state index in [0.29, 0.717) is 0 Å². The molecule has 1 heteroatoms. The van der Waals surface area contributed by atoms with Gasteiger partial charge in [0.15, 0.2) is 0 Å². The van der Waals surface area contributed by atoms with E-state index in [1.165, 1.54) is 0 Å². The summed E-state index contributed by atoms with van der Waals surface area (Å²) in [6, 6.07) is 9.30. The van der Waals surface area contributed by atoms with Crippen LogP contribution in [0.5, 0.6) is 0 Å². The lowest BCUT2D eigenvalue weighted by molar-refractivity contribution is 0.238. The molecule has 1 atom stereocenters. The number of rotatable bonds is 1. The second-order valence-corrected chi connectivity index (χ2v) is 2.46. The third-order valence-electron chi connectivity index (χ3n) is 1.51. The first-order valence-corrected chi connectivity index (χ1v) is 4.00. The van der Waals surface area contributed by atoms with Crippen LogP contribution in [0.1, 0.15) is 18.6 Å². The van der Waals surface area contributed by atoms with Crippen molar-refractivity contribution in [2.45, 2.75) is 13.0 Å². The Bertz CT molecular complexity index is 370. The third-order valence-corrected chi connectivity index (χ3v) is 1.51. The fraction of sp³-hybridized carbons (Fsp3) is 0.167. The van der Waals surface area contributed by atoms with Gasteiger partial charge in [-0.25, -0.2) is 0 Å². The zero-order valence-corrected chi connectivity index (χ0v) is 7.41. The molecule has 0 aromatic heterocycles. The average molecular weight is 170 g/mol. The molecule has 0 saturated carbocycles. The molecule has 0 radical (unpaired) electrons. The Balaban J connectivity index is 2.75. The van der Waals surface area contributed by atoms with Gasteiger partial charge in [-0.05, 0) is 24.3 Å². The molecule has 0 amide bonds. The minimum atomic E-state index is -0.734. The van der Waals surface area contributed by atoms with E-state index in [1.54, 1.807) is 6.92 Å². The van der Waals surface area contributed by atoms with Crippen LogP contribution in [-0.4, -0.2) is 5.11 Å². The molecule has 1 aromatic rings. The average Bonchev–Trinajstić information content (AvgIpc) is 2.19. The molecule has 0 aliphatic rings. The van der Waals surface area contributed by atoms with E-state index >= 15 is 0 Å². The molecular formula is C12H10O. The second kappa shape index (κ2) is 5.04. The molecule has 64 valence electrons. The molecule has 0 aliphatic carbocycles. The van der Waals surface area contributed by atoms with Gasteiger partial charge in [0.2, 0.25) is 0 Å². The molecule has 0 saturated heterocycles. The summed E-state index contributed by atoms with van der Waals surface area (Å²) in [6.45, 7) is 1.71. The molecule has 0 bridgehead atoms. The van der Waals surface area contributed by atoms with Crippen LogP contribution in [0, 0.1) is 23.7 Å². The fourth-order valence-corrected chi connectivity index (χ4v) is 0.886. The van der Waals surface area contributed by atoms with Crippen molar-refractivity contribution in [1.29, 1.82) is 0 Å². The normalized spacial score (nSPS) is 10.3. The first-order valence-electron chi connectivity index (χ1n) is 4.00. The summed E-state index contributed by atoms with van der Waals surface area (Å²) < 4.78 is 0. The molecule has 0 aliphatic heterocycles. The summed E-state index contributed by atoms with van der Waals surface area (Å²) in [5.74, 6) is 10.4. The Hall–Kier alpha value is -1.70. The van der Waals surface area contributed by atoms with Crippen LogP contribution in [0.4, 0.5) is 0 Å². The van der Waals surface area contributed by atoms with Crippen molar-refractivity contribution in [2.24, 2.45) is 0 Å². The number of hydrogen-bond donors (Lipinski definition) is 1. The predicted molar refractivity (Wildman–Crippen MR) is 52.6 cm³/mol. The van der Waals surface area contributed by atoms with Gasteiger partial charge in [0.1, 0.15) is 6.10 Å². The summed E-state index contributed by atoms with van der Waals surface area (Å²) in [5, 5.41) is 9.51. The number of aliphatic hydroxyl groups excluding tert-OH is 1. The zero-order chi connectivity index (χ0) is 9.52. The molecule has 1 rings (SSSR count). The van der Waals surface area contributed by atoms with Gasteiger partial charge in [-0.2, -0.15) is 0 Å². The first kappa shape index (κ1) is 9.39. The zero-order valence-electron chi connectivity index (χ0n) is 7.41. The Morgan fingerprint density at radius 3 is 2.46 bits per heavy atom. The Labute approximate surface area is 78.4 Å². The van der Waals surface area contributed by atoms with E-state index in [1.807, 2.05) is 30.3 Å². The van der Waals surface area contributed by atoms with Gasteiger partial charge in [0, 0.05) is 0 Å². The smallest absolute Gasteiger partial charge is 0.141 e. The van der Waals surface area contributed by atoms with Gasteiger partial charge in [-0.3, -0.25) is 0 Å². The Kier molecular flexibility index (Phi) is 3.64. The van der Waals surface area contributed by atoms with Gasteiger partial charge in [0.25, 0.3) is 0 Å². The largest absolute Gasteiger partial charge is 0.376 e. The SMILES string of the molecule is CC#CC#C[C@@H](O)c1ccccc1. The van der Waals surface area contributed by atoms with Crippen LogP contribution in [0.3, 0.4) is 0 Å². The maximum absolute atomic E-state index is 9.51. The summed E-state index contributed by atoms with van der Waals surface area (Å²) in [7, 11) is 0. The van der Waals surface area contributed by atoms with E-state index in [9.17, 15) is 5.11 Å². The van der Waals surface area contributed by atoms with E-state index < -0.39 is 6.10 Å². The van der Waals surface area contributed by atoms with Gasteiger partial charge in [-0.1, -0.05) is 42.2 Å². The van der Waals surface area contributed by atoms with Crippen LogP contribution >= 0.6 is 0 Å². The fourth-order valence-electron chi connectivity index (χ4n) is 0.886. The highest BCUT2D eigenvalue weighted by atomic mass is 16.3. The van der Waals surface area contributed by atoms with Crippen molar-refractivity contribution in [3.8, 4) is 23.7 Å². The maximum atomic E-state index is 9.51. The molecule has 13 heavy (non-hydrogen) atoms. The van der Waals surface area contributed by atoms with E-state index in [-0.39, 0.29) is 0 Å². The summed E-state index contributed by atoms with van der Waals surface area (Å²) in [5.41, 5.74) is 0.799. The summed E-state index contributed by atoms with van der Waals surface area (Å²) in [4.78, 5) is 0. The van der Waals surface area contributed by atoms with Crippen molar-refractivity contribution in [2.75, 3.05) is 0 Å². The third kappa shape index (κ3) is 3.03. The number of aliphatic hydroxyl groups is 1. The monoisotopic (exact) mass is 170 g/mol. The Morgan fingerprint density at radius 1 is 1.15 bits per heavy atom. The van der Waals surface area contributed by atoms with E-state index in [4.69, 9.17) is 0 Å². The molecule has 0 fully saturated rings. The molecule has 0 heterocycles. The van der Waals surface area contributed by atoms with Crippen LogP contribution in [-0.2, 0) is 0 Å². The topological polar surface area (TPSA) is 20.2 Å². The van der Waals surface area contributed by atoms with Crippen molar-refractivity contribution >= 4 is 0 Å². The molecule has 0 spiro atoms. The predicted octanol–water partition coefficient (Wildman–Crippen LogP) is 1.75. The summed E-state index contributed by atoms with van der Waals surface area (Å²) in [6.07, 6.45) is -0.734. The number of benzene rings is 1. The highest BCUT2D eigenvalue weighted by Gasteiger charge is 1.99. The summed E-state index contributed by atoms with van der Waals surface area (Å²) >= 11 is 0. The minimum absolute atomic E-state index is 0.734. The first-order chi connectivity index (χ1) is 6.34. The Morgan fingerprint density at radius 2 is 1.85 bits per heavy atom. The van der Waals surface area contributed by atoms with Crippen LogP contribution in [0.15, 0.2) is 30.3 Å². The van der Waals surface area contributed by atoms with Gasteiger partial charge >= 0.3 is 0 Å². The van der Waals surface area contributed by atoms with Crippen molar-refractivity contribution in [1.82, 2.24) is 0 Å². The maximum Gasteiger partial charge on any atom is 0.141 e. The molecule has 1 aromatic carbocycles. The number of hydrogen-bond acceptors (Lipinski definition) is 1. The molecular weight excluding hydrogens is 160 g/mol. The van der Waals surface area contributed by atoms with Gasteiger partial charge < -0.3 is 5.11 Å². The van der Waals surface area contributed by atoms with E-state index in [2.05, 4.69) is 23.7 Å².